The van der Waals surface area contributed by atoms with Crippen LogP contribution in [0.25, 0.3) is 0 Å². The van der Waals surface area contributed by atoms with E-state index < -0.39 is 0 Å². The summed E-state index contributed by atoms with van der Waals surface area (Å²) in [6.07, 6.45) is 5.15. The highest BCUT2D eigenvalue weighted by atomic mass is 16.6. The fourth-order valence-electron chi connectivity index (χ4n) is 3.16. The number of ether oxygens (including phenoxy) is 1. The van der Waals surface area contributed by atoms with Crippen molar-refractivity contribution >= 4 is 5.97 Å². The van der Waals surface area contributed by atoms with Crippen LogP contribution >= 0.6 is 0 Å². The Morgan fingerprint density at radius 3 is 3.00 bits per heavy atom. The number of cyclic esters (lactones) is 1. The molecule has 1 N–H and O–H groups in total. The van der Waals surface area contributed by atoms with Crippen molar-refractivity contribution in [3.05, 3.63) is 12.2 Å². The van der Waals surface area contributed by atoms with Crippen LogP contribution in [0.5, 0.6) is 0 Å². The van der Waals surface area contributed by atoms with Crippen molar-refractivity contribution in [2.45, 2.75) is 12.5 Å². The second-order valence-electron chi connectivity index (χ2n) is 4.21. The van der Waals surface area contributed by atoms with Crippen LogP contribution in [-0.4, -0.2) is 23.8 Å². The van der Waals surface area contributed by atoms with Gasteiger partial charge in [-0.25, -0.2) is 0 Å². The first kappa shape index (κ1) is 7.56. The average molecular weight is 180 g/mol. The van der Waals surface area contributed by atoms with Gasteiger partial charge in [0.25, 0.3) is 0 Å². The predicted octanol–water partition coefficient (Wildman–Crippen LogP) is 0.342. The first-order valence-electron chi connectivity index (χ1n) is 4.81. The summed E-state index contributed by atoms with van der Waals surface area (Å²) in [5.41, 5.74) is 0. The molecule has 3 rings (SSSR count). The van der Waals surface area contributed by atoms with Gasteiger partial charge in [0.2, 0.25) is 0 Å². The summed E-state index contributed by atoms with van der Waals surface area (Å²) in [5.74, 6) is 1.07. The van der Waals surface area contributed by atoms with E-state index in [2.05, 4.69) is 12.2 Å². The van der Waals surface area contributed by atoms with Gasteiger partial charge in [0.05, 0.1) is 12.5 Å². The molecule has 3 heteroatoms. The van der Waals surface area contributed by atoms with E-state index in [1.807, 2.05) is 0 Å². The number of rotatable bonds is 1. The Labute approximate surface area is 76.4 Å². The Morgan fingerprint density at radius 2 is 2.23 bits per heavy atom. The van der Waals surface area contributed by atoms with E-state index in [1.54, 1.807) is 0 Å². The third-order valence-electron chi connectivity index (χ3n) is 3.67. The highest BCUT2D eigenvalue weighted by Gasteiger charge is 2.57. The number of carbonyl (C=O) groups excluding carboxylic acids is 1. The first-order valence-corrected chi connectivity index (χ1v) is 4.81. The zero-order valence-electron chi connectivity index (χ0n) is 7.22. The minimum absolute atomic E-state index is 0.0238. The highest BCUT2D eigenvalue weighted by Crippen LogP contribution is 2.53. The van der Waals surface area contributed by atoms with Gasteiger partial charge in [-0.2, -0.15) is 0 Å². The molecule has 13 heavy (non-hydrogen) atoms. The summed E-state index contributed by atoms with van der Waals surface area (Å²) in [4.78, 5) is 11.4. The topological polar surface area (TPSA) is 46.5 Å². The molecule has 5 atom stereocenters. The number of hydrogen-bond acceptors (Lipinski definition) is 3. The van der Waals surface area contributed by atoms with Crippen LogP contribution in [0.1, 0.15) is 6.42 Å². The van der Waals surface area contributed by atoms with Crippen molar-refractivity contribution in [2.75, 3.05) is 6.61 Å². The maximum Gasteiger partial charge on any atom is 0.310 e. The van der Waals surface area contributed by atoms with Crippen LogP contribution in [-0.2, 0) is 9.53 Å². The van der Waals surface area contributed by atoms with Gasteiger partial charge in [-0.15, -0.1) is 0 Å². The van der Waals surface area contributed by atoms with Crippen molar-refractivity contribution in [1.82, 2.24) is 0 Å². The average Bonchev–Trinajstić information content (AvgIpc) is 2.76. The molecule has 2 fully saturated rings. The number of aliphatic hydroxyl groups is 1. The van der Waals surface area contributed by atoms with E-state index in [9.17, 15) is 4.79 Å². The smallest absolute Gasteiger partial charge is 0.310 e. The molecule has 0 aromatic heterocycles. The van der Waals surface area contributed by atoms with Crippen LogP contribution in [0.2, 0.25) is 0 Å². The highest BCUT2D eigenvalue weighted by molar-refractivity contribution is 5.77. The molecule has 0 aromatic carbocycles. The van der Waals surface area contributed by atoms with E-state index in [1.165, 1.54) is 0 Å². The fraction of sp³-hybridized carbons (Fsp3) is 0.700. The van der Waals surface area contributed by atoms with Gasteiger partial charge >= 0.3 is 5.97 Å². The van der Waals surface area contributed by atoms with Crippen LogP contribution in [0, 0.1) is 23.7 Å². The number of fused-ring (bicyclic) bond motifs is 5. The number of carbonyl (C=O) groups is 1. The molecule has 70 valence electrons. The first-order chi connectivity index (χ1) is 6.31. The second-order valence-corrected chi connectivity index (χ2v) is 4.21. The molecule has 0 amide bonds. The van der Waals surface area contributed by atoms with E-state index >= 15 is 0 Å². The van der Waals surface area contributed by atoms with Gasteiger partial charge in [0.15, 0.2) is 0 Å². The molecule has 1 heterocycles. The lowest BCUT2D eigenvalue weighted by molar-refractivity contribution is -0.146. The van der Waals surface area contributed by atoms with Gasteiger partial charge in [-0.3, -0.25) is 4.79 Å². The Morgan fingerprint density at radius 1 is 1.46 bits per heavy atom. The molecule has 2 aliphatic carbocycles. The third-order valence-corrected chi connectivity index (χ3v) is 3.67. The zero-order valence-corrected chi connectivity index (χ0v) is 7.22. The lowest BCUT2D eigenvalue weighted by Gasteiger charge is -2.19. The Bertz CT molecular complexity index is 284. The molecule has 2 bridgehead atoms. The quantitative estimate of drug-likeness (QED) is 0.467. The predicted molar refractivity (Wildman–Crippen MR) is 44.7 cm³/mol. The van der Waals surface area contributed by atoms with E-state index in [0.717, 1.165) is 6.42 Å². The van der Waals surface area contributed by atoms with Crippen molar-refractivity contribution < 1.29 is 14.6 Å². The summed E-state index contributed by atoms with van der Waals surface area (Å²) >= 11 is 0. The maximum atomic E-state index is 11.4. The van der Waals surface area contributed by atoms with Gasteiger partial charge in [0.1, 0.15) is 6.10 Å². The maximum absolute atomic E-state index is 11.4. The van der Waals surface area contributed by atoms with Crippen LogP contribution in [0.4, 0.5) is 0 Å². The summed E-state index contributed by atoms with van der Waals surface area (Å²) in [5, 5.41) is 9.06. The largest absolute Gasteiger partial charge is 0.459 e. The Kier molecular flexibility index (Phi) is 1.37. The molecule has 0 aromatic rings. The Hall–Kier alpha value is -0.830. The van der Waals surface area contributed by atoms with Gasteiger partial charge in [-0.1, -0.05) is 12.2 Å². The van der Waals surface area contributed by atoms with Gasteiger partial charge < -0.3 is 9.84 Å². The molecule has 0 spiro atoms. The van der Waals surface area contributed by atoms with Crippen molar-refractivity contribution in [1.29, 1.82) is 0 Å². The van der Waals surface area contributed by atoms with Crippen molar-refractivity contribution in [3.63, 3.8) is 0 Å². The minimum Gasteiger partial charge on any atom is -0.459 e. The number of esters is 1. The minimum atomic E-state index is -0.238. The number of hydrogen-bond donors (Lipinski definition) is 1. The number of allylic oxidation sites excluding steroid dienone is 2. The van der Waals surface area contributed by atoms with Crippen molar-refractivity contribution in [2.24, 2.45) is 23.7 Å². The number of aliphatic hydroxyl groups excluding tert-OH is 1. The van der Waals surface area contributed by atoms with Crippen molar-refractivity contribution in [3.8, 4) is 0 Å². The molecule has 3 aliphatic rings. The van der Waals surface area contributed by atoms with E-state index in [-0.39, 0.29) is 30.5 Å². The molecule has 3 nitrogen and oxygen atoms in total. The second kappa shape index (κ2) is 2.35. The van der Waals surface area contributed by atoms with Crippen LogP contribution in [0.15, 0.2) is 12.2 Å². The molecular weight excluding hydrogens is 168 g/mol. The molecule has 1 aliphatic heterocycles. The molecule has 5 unspecified atom stereocenters. The van der Waals surface area contributed by atoms with Gasteiger partial charge in [0, 0.05) is 5.92 Å². The third kappa shape index (κ3) is 0.804. The molecular formula is C10H12O3. The van der Waals surface area contributed by atoms with Gasteiger partial charge in [-0.05, 0) is 18.3 Å². The lowest BCUT2D eigenvalue weighted by Crippen LogP contribution is -2.27. The molecule has 0 radical (unpaired) electrons. The standard InChI is InChI=1S/C10H12O3/c11-4-7-8-5-1-2-6(3-5)9(8)10(12)13-7/h1-2,5-9,11H,3-4H2. The SMILES string of the molecule is O=C1OC(CO)C2C3C=CC(C3)C12. The van der Waals surface area contributed by atoms with E-state index in [4.69, 9.17) is 9.84 Å². The summed E-state index contributed by atoms with van der Waals surface area (Å²) < 4.78 is 5.13. The van der Waals surface area contributed by atoms with Crippen LogP contribution in [0.3, 0.4) is 0 Å². The normalized spacial score (nSPS) is 51.2. The summed E-state index contributed by atoms with van der Waals surface area (Å²) in [6, 6.07) is 0. The summed E-state index contributed by atoms with van der Waals surface area (Å²) in [6.45, 7) is -0.0238. The molecule has 1 saturated carbocycles. The monoisotopic (exact) mass is 180 g/mol. The summed E-state index contributed by atoms with van der Waals surface area (Å²) in [7, 11) is 0. The van der Waals surface area contributed by atoms with Crippen LogP contribution < -0.4 is 0 Å². The Balaban J connectivity index is 1.97. The zero-order chi connectivity index (χ0) is 9.00. The molecule has 1 saturated heterocycles. The lowest BCUT2D eigenvalue weighted by atomic mass is 9.82. The van der Waals surface area contributed by atoms with E-state index in [0.29, 0.717) is 11.8 Å². The fourth-order valence-corrected chi connectivity index (χ4v) is 3.16.